The molecule has 3 saturated carbocycles. The summed E-state index contributed by atoms with van der Waals surface area (Å²) in [5.74, 6) is 0.753. The molecule has 9 heteroatoms. The van der Waals surface area contributed by atoms with Gasteiger partial charge >= 0.3 is 12.1 Å². The molecule has 7 rings (SSSR count). The van der Waals surface area contributed by atoms with Crippen LogP contribution < -0.4 is 4.74 Å². The van der Waals surface area contributed by atoms with Crippen LogP contribution in [0.25, 0.3) is 22.3 Å². The number of rotatable bonds is 5. The number of hydrogen-bond donors (Lipinski definition) is 1. The van der Waals surface area contributed by atoms with Crippen molar-refractivity contribution in [2.45, 2.75) is 64.9 Å². The van der Waals surface area contributed by atoms with Crippen LogP contribution in [0, 0.1) is 40.6 Å². The molecule has 4 aliphatic carbocycles. The lowest BCUT2D eigenvalue weighted by molar-refractivity contribution is -0.146. The number of allylic oxidation sites excluding steroid dienone is 1. The van der Waals surface area contributed by atoms with Gasteiger partial charge in [0.15, 0.2) is 24.0 Å². The summed E-state index contributed by atoms with van der Waals surface area (Å²) in [5, 5.41) is 13.5. The maximum Gasteiger partial charge on any atom is 0.322 e. The minimum absolute atomic E-state index is 0.0665. The van der Waals surface area contributed by atoms with Gasteiger partial charge in [-0.25, -0.2) is 0 Å². The molecule has 8 nitrogen and oxygen atoms in total. The number of ketones is 2. The molecule has 0 amide bonds. The first-order valence-corrected chi connectivity index (χ1v) is 15.1. The zero-order valence-corrected chi connectivity index (χ0v) is 24.3. The maximum absolute atomic E-state index is 14.5. The first-order chi connectivity index (χ1) is 20.1. The number of halogens is 1. The molecule has 0 spiro atoms. The number of ether oxygens (including phenoxy) is 1. The first-order valence-electron chi connectivity index (χ1n) is 15.1. The average Bonchev–Trinajstić information content (AvgIpc) is 3.47. The van der Waals surface area contributed by atoms with E-state index < -0.39 is 12.2 Å². The Morgan fingerprint density at radius 1 is 1.14 bits per heavy atom. The summed E-state index contributed by atoms with van der Waals surface area (Å²) in [6, 6.07) is 7.50. The van der Waals surface area contributed by atoms with Crippen LogP contribution in [-0.2, 0) is 16.6 Å². The Labute approximate surface area is 244 Å². The van der Waals surface area contributed by atoms with Crippen molar-refractivity contribution >= 4 is 22.3 Å². The molecule has 0 aliphatic heterocycles. The lowest BCUT2D eigenvalue weighted by Gasteiger charge is -2.59. The van der Waals surface area contributed by atoms with Gasteiger partial charge in [-0.15, -0.1) is 4.98 Å². The first kappa shape index (κ1) is 27.4. The fourth-order valence-electron chi connectivity index (χ4n) is 9.52. The number of nitrogens with zero attached hydrogens (tertiary/aromatic N) is 4. The molecule has 4 aliphatic rings. The van der Waals surface area contributed by atoms with Crippen molar-refractivity contribution in [2.24, 2.45) is 41.5 Å². The number of benzene rings is 1. The molecule has 3 fully saturated rings. The van der Waals surface area contributed by atoms with Crippen molar-refractivity contribution in [3.8, 4) is 17.5 Å². The highest BCUT2D eigenvalue weighted by molar-refractivity contribution is 5.94. The fraction of sp³-hybridized carbons (Fsp3) is 0.545. The number of Topliss-reactive ketones (excluding diaryl/α,β-unsaturated/α-hetero) is 1. The van der Waals surface area contributed by atoms with Gasteiger partial charge in [-0.05, 0) is 73.2 Å². The van der Waals surface area contributed by atoms with Gasteiger partial charge in [0.25, 0.3) is 0 Å². The number of fused-ring (bicyclic) bond motifs is 6. The van der Waals surface area contributed by atoms with Gasteiger partial charge in [0, 0.05) is 36.4 Å². The lowest BCUT2D eigenvalue weighted by Crippen LogP contribution is -2.57. The highest BCUT2D eigenvalue weighted by atomic mass is 19.1. The molecular weight excluding hydrogens is 535 g/mol. The van der Waals surface area contributed by atoms with Crippen LogP contribution in [-0.4, -0.2) is 48.9 Å². The zero-order chi connectivity index (χ0) is 29.4. The van der Waals surface area contributed by atoms with Crippen LogP contribution in [0.5, 0.6) is 6.01 Å². The number of aliphatic hydroxyl groups is 1. The van der Waals surface area contributed by atoms with Crippen molar-refractivity contribution in [1.82, 2.24) is 19.5 Å². The van der Waals surface area contributed by atoms with E-state index in [2.05, 4.69) is 28.8 Å². The quantitative estimate of drug-likeness (QED) is 0.446. The molecule has 2 heterocycles. The molecule has 0 saturated heterocycles. The summed E-state index contributed by atoms with van der Waals surface area (Å²) in [6.45, 7) is 4.13. The molecule has 0 radical (unpaired) electrons. The molecule has 1 aromatic carbocycles. The van der Waals surface area contributed by atoms with E-state index in [1.807, 2.05) is 48.2 Å². The van der Waals surface area contributed by atoms with Crippen molar-refractivity contribution in [1.29, 1.82) is 0 Å². The predicted molar refractivity (Wildman–Crippen MR) is 154 cm³/mol. The standard InChI is InChI=1S/C33H37FN4O4/c1-32-13-12-20(39)14-19(32)8-9-22-23-10-11-24(33(23,2)15-25(40)27(22)32)26(41)17-42-31-36-29(35-30(34)37-31)28-21-7-5-4-6-18(21)16-38(28)3/h4-7,14,16,22-25,27,40H,8-13,15,17H2,1-3H3/t22-,23?,24+,25?,27?,32-,33-/m0/s1. The van der Waals surface area contributed by atoms with E-state index in [4.69, 9.17) is 4.74 Å². The van der Waals surface area contributed by atoms with E-state index in [0.717, 1.165) is 42.9 Å². The summed E-state index contributed by atoms with van der Waals surface area (Å²) < 4.78 is 22.1. The fourth-order valence-corrected chi connectivity index (χ4v) is 9.52. The molecular formula is C33H37FN4O4. The molecule has 1 N–H and O–H groups in total. The Balaban J connectivity index is 1.10. The Hall–Kier alpha value is -3.46. The van der Waals surface area contributed by atoms with E-state index in [9.17, 15) is 19.1 Å². The van der Waals surface area contributed by atoms with E-state index in [0.29, 0.717) is 30.4 Å². The molecule has 220 valence electrons. The average molecular weight is 573 g/mol. The van der Waals surface area contributed by atoms with Crippen LogP contribution in [0.4, 0.5) is 4.39 Å². The number of carbonyl (C=O) groups excluding carboxylic acids is 2. The number of carbonyl (C=O) groups is 2. The number of aryl methyl sites for hydroxylation is 1. The summed E-state index contributed by atoms with van der Waals surface area (Å²) in [6.07, 6.45) is 7.64. The molecule has 3 aromatic rings. The van der Waals surface area contributed by atoms with Gasteiger partial charge in [-0.2, -0.15) is 14.4 Å². The second-order valence-electron chi connectivity index (χ2n) is 13.4. The normalized spacial score (nSPS) is 34.0. The Morgan fingerprint density at radius 2 is 1.95 bits per heavy atom. The van der Waals surface area contributed by atoms with E-state index in [-0.39, 0.29) is 52.7 Å². The van der Waals surface area contributed by atoms with Crippen LogP contribution >= 0.6 is 0 Å². The SMILES string of the molecule is Cn1cc2ccccc2c1-c1nc(F)nc(OCC(=O)[C@H]2CCC3[C@@H]4CCC5=CC(=O)CC[C@]5(C)C4C(O)C[C@@]32C)n1. The Morgan fingerprint density at radius 3 is 2.79 bits per heavy atom. The topological polar surface area (TPSA) is 107 Å². The van der Waals surface area contributed by atoms with Crippen molar-refractivity contribution in [2.75, 3.05) is 6.61 Å². The Kier molecular flexibility index (Phi) is 6.38. The van der Waals surface area contributed by atoms with Crippen molar-refractivity contribution < 1.29 is 23.8 Å². The largest absolute Gasteiger partial charge is 0.455 e. The third-order valence-corrected chi connectivity index (χ3v) is 11.3. The van der Waals surface area contributed by atoms with Gasteiger partial charge in [-0.1, -0.05) is 43.7 Å². The van der Waals surface area contributed by atoms with E-state index in [1.165, 1.54) is 5.57 Å². The minimum Gasteiger partial charge on any atom is -0.455 e. The van der Waals surface area contributed by atoms with Crippen LogP contribution in [0.1, 0.15) is 58.8 Å². The molecule has 42 heavy (non-hydrogen) atoms. The van der Waals surface area contributed by atoms with Gasteiger partial charge < -0.3 is 14.4 Å². The number of aromatic nitrogens is 4. The predicted octanol–water partition coefficient (Wildman–Crippen LogP) is 5.24. The molecule has 2 aromatic heterocycles. The second kappa shape index (κ2) is 9.79. The maximum atomic E-state index is 14.5. The monoisotopic (exact) mass is 572 g/mol. The van der Waals surface area contributed by atoms with E-state index >= 15 is 0 Å². The second-order valence-corrected chi connectivity index (χ2v) is 13.4. The third kappa shape index (κ3) is 4.14. The summed E-state index contributed by atoms with van der Waals surface area (Å²) in [7, 11) is 1.85. The third-order valence-electron chi connectivity index (χ3n) is 11.3. The molecule has 7 atom stereocenters. The number of aliphatic hydroxyl groups excluding tert-OH is 1. The van der Waals surface area contributed by atoms with Crippen molar-refractivity contribution in [3.05, 3.63) is 48.2 Å². The van der Waals surface area contributed by atoms with Crippen LogP contribution in [0.2, 0.25) is 0 Å². The zero-order valence-electron chi connectivity index (χ0n) is 24.3. The highest BCUT2D eigenvalue weighted by Gasteiger charge is 2.62. The van der Waals surface area contributed by atoms with Crippen molar-refractivity contribution in [3.63, 3.8) is 0 Å². The van der Waals surface area contributed by atoms with Crippen LogP contribution in [0.15, 0.2) is 42.1 Å². The molecule has 0 bridgehead atoms. The van der Waals surface area contributed by atoms with Gasteiger partial charge in [0.1, 0.15) is 0 Å². The minimum atomic E-state index is -0.967. The highest BCUT2D eigenvalue weighted by Crippen LogP contribution is 2.66. The smallest absolute Gasteiger partial charge is 0.322 e. The lowest BCUT2D eigenvalue weighted by atomic mass is 9.46. The summed E-state index contributed by atoms with van der Waals surface area (Å²) in [4.78, 5) is 37.9. The Bertz CT molecular complexity index is 1630. The summed E-state index contributed by atoms with van der Waals surface area (Å²) >= 11 is 0. The summed E-state index contributed by atoms with van der Waals surface area (Å²) in [5.41, 5.74) is 1.34. The van der Waals surface area contributed by atoms with Gasteiger partial charge in [0.2, 0.25) is 0 Å². The van der Waals surface area contributed by atoms with Gasteiger partial charge in [0.05, 0.1) is 11.8 Å². The van der Waals surface area contributed by atoms with E-state index in [1.54, 1.807) is 0 Å². The molecule has 3 unspecified atom stereocenters. The number of hydrogen-bond acceptors (Lipinski definition) is 7. The van der Waals surface area contributed by atoms with Crippen LogP contribution in [0.3, 0.4) is 0 Å². The van der Waals surface area contributed by atoms with Gasteiger partial charge in [-0.3, -0.25) is 9.59 Å².